The molecule has 7 nitrogen and oxygen atoms in total. The molecular weight excluding hydrogens is 454 g/mol. The van der Waals surface area contributed by atoms with Crippen molar-refractivity contribution in [3.05, 3.63) is 59.3 Å². The van der Waals surface area contributed by atoms with Gasteiger partial charge in [0.2, 0.25) is 0 Å². The highest BCUT2D eigenvalue weighted by Crippen LogP contribution is 2.29. The van der Waals surface area contributed by atoms with Gasteiger partial charge in [-0.3, -0.25) is 9.80 Å². The second kappa shape index (κ2) is 12.6. The van der Waals surface area contributed by atoms with E-state index in [1.54, 1.807) is 0 Å². The third kappa shape index (κ3) is 6.59. The van der Waals surface area contributed by atoms with Gasteiger partial charge < -0.3 is 23.9 Å². The number of para-hydroxylation sites is 1. The summed E-state index contributed by atoms with van der Waals surface area (Å²) in [6.07, 6.45) is -0.474. The minimum Gasteiger partial charge on any atom is -0.490 e. The van der Waals surface area contributed by atoms with Crippen LogP contribution in [0.3, 0.4) is 0 Å². The lowest BCUT2D eigenvalue weighted by molar-refractivity contribution is 0.0320. The minimum absolute atomic E-state index is 0.474. The van der Waals surface area contributed by atoms with Crippen LogP contribution in [0.1, 0.15) is 23.7 Å². The van der Waals surface area contributed by atoms with Gasteiger partial charge in [-0.15, -0.1) is 0 Å². The van der Waals surface area contributed by atoms with Crippen LogP contribution < -0.4 is 9.47 Å². The van der Waals surface area contributed by atoms with E-state index >= 15 is 0 Å². The molecule has 0 saturated carbocycles. The molecule has 0 amide bonds. The Morgan fingerprint density at radius 2 is 1.83 bits per heavy atom. The molecule has 7 heteroatoms. The van der Waals surface area contributed by atoms with Gasteiger partial charge in [-0.05, 0) is 57.1 Å². The van der Waals surface area contributed by atoms with E-state index < -0.39 is 6.10 Å². The van der Waals surface area contributed by atoms with E-state index in [0.717, 1.165) is 56.5 Å². The number of fused-ring (bicyclic) bond motifs is 1. The number of aliphatic hydroxyl groups is 1. The normalized spacial score (nSPS) is 15.5. The molecule has 1 N–H and O–H groups in total. The largest absolute Gasteiger partial charge is 0.490 e. The number of benzene rings is 2. The van der Waals surface area contributed by atoms with E-state index in [1.807, 2.05) is 20.0 Å². The van der Waals surface area contributed by atoms with Crippen LogP contribution in [-0.4, -0.2) is 85.2 Å². The van der Waals surface area contributed by atoms with E-state index in [0.29, 0.717) is 26.3 Å². The zero-order chi connectivity index (χ0) is 25.5. The summed E-state index contributed by atoms with van der Waals surface area (Å²) in [5.74, 6) is 1.55. The van der Waals surface area contributed by atoms with Crippen molar-refractivity contribution in [2.45, 2.75) is 40.0 Å². The zero-order valence-electron chi connectivity index (χ0n) is 22.2. The van der Waals surface area contributed by atoms with Crippen molar-refractivity contribution in [2.75, 3.05) is 59.7 Å². The molecule has 1 unspecified atom stereocenters. The fourth-order valence-electron chi connectivity index (χ4n) is 4.99. The standard InChI is InChI=1S/C29H41N3O4/c1-5-35-29-18-24(10-11-28(29)36-17-14-31-12-15-34-16-13-31)19-30(4)20-25(33)21-32-23(3)22(2)26-8-6-7-9-27(26)32/h6-11,18,25,33H,5,12-17,19-21H2,1-4H3. The van der Waals surface area contributed by atoms with Gasteiger partial charge in [0, 0.05) is 49.3 Å². The van der Waals surface area contributed by atoms with Gasteiger partial charge >= 0.3 is 0 Å². The van der Waals surface area contributed by atoms with Crippen molar-refractivity contribution < 1.29 is 19.3 Å². The molecule has 1 aromatic heterocycles. The predicted octanol–water partition coefficient (Wildman–Crippen LogP) is 3.86. The number of ether oxygens (including phenoxy) is 3. The Bertz CT molecular complexity index is 1120. The Morgan fingerprint density at radius 3 is 2.61 bits per heavy atom. The van der Waals surface area contributed by atoms with Crippen molar-refractivity contribution in [3.63, 3.8) is 0 Å². The van der Waals surface area contributed by atoms with Crippen molar-refractivity contribution in [1.82, 2.24) is 14.4 Å². The molecule has 1 fully saturated rings. The Labute approximate surface area is 215 Å². The third-order valence-corrected chi connectivity index (χ3v) is 6.99. The molecular formula is C29H41N3O4. The average molecular weight is 496 g/mol. The number of likely N-dealkylation sites (N-methyl/N-ethyl adjacent to an activating group) is 1. The number of nitrogens with zero attached hydrogens (tertiary/aromatic N) is 3. The Balaban J connectivity index is 1.33. The van der Waals surface area contributed by atoms with Crippen molar-refractivity contribution in [2.24, 2.45) is 0 Å². The van der Waals surface area contributed by atoms with Crippen LogP contribution in [-0.2, 0) is 17.8 Å². The van der Waals surface area contributed by atoms with Crippen molar-refractivity contribution in [3.8, 4) is 11.5 Å². The molecule has 1 saturated heterocycles. The first-order valence-electron chi connectivity index (χ1n) is 13.1. The summed E-state index contributed by atoms with van der Waals surface area (Å²) in [4.78, 5) is 4.51. The second-order valence-electron chi connectivity index (χ2n) is 9.71. The Kier molecular flexibility index (Phi) is 9.26. The van der Waals surface area contributed by atoms with Gasteiger partial charge in [0.05, 0.1) is 32.5 Å². The number of hydrogen-bond acceptors (Lipinski definition) is 6. The highest BCUT2D eigenvalue weighted by atomic mass is 16.5. The van der Waals surface area contributed by atoms with Crippen molar-refractivity contribution in [1.29, 1.82) is 0 Å². The fourth-order valence-corrected chi connectivity index (χ4v) is 4.99. The number of rotatable bonds is 12. The average Bonchev–Trinajstić information content (AvgIpc) is 3.11. The SMILES string of the molecule is CCOc1cc(CN(C)CC(O)Cn2c(C)c(C)c3ccccc32)ccc1OCCN1CCOCC1. The van der Waals surface area contributed by atoms with Gasteiger partial charge in [0.25, 0.3) is 0 Å². The quantitative estimate of drug-likeness (QED) is 0.412. The van der Waals surface area contributed by atoms with Crippen LogP contribution in [0, 0.1) is 13.8 Å². The van der Waals surface area contributed by atoms with E-state index in [9.17, 15) is 5.11 Å². The van der Waals surface area contributed by atoms with Gasteiger partial charge in [-0.2, -0.15) is 0 Å². The highest BCUT2D eigenvalue weighted by molar-refractivity contribution is 5.85. The molecule has 4 rings (SSSR count). The fraction of sp³-hybridized carbons (Fsp3) is 0.517. The number of aromatic nitrogens is 1. The topological polar surface area (TPSA) is 59.3 Å². The minimum atomic E-state index is -0.474. The molecule has 1 atom stereocenters. The molecule has 3 aromatic rings. The summed E-state index contributed by atoms with van der Waals surface area (Å²) >= 11 is 0. The monoisotopic (exact) mass is 495 g/mol. The van der Waals surface area contributed by atoms with E-state index in [1.165, 1.54) is 22.2 Å². The zero-order valence-corrected chi connectivity index (χ0v) is 22.2. The first kappa shape index (κ1) is 26.5. The Hall–Kier alpha value is -2.58. The second-order valence-corrected chi connectivity index (χ2v) is 9.71. The summed E-state index contributed by atoms with van der Waals surface area (Å²) < 4.78 is 19.6. The maximum Gasteiger partial charge on any atom is 0.161 e. The first-order chi connectivity index (χ1) is 17.5. The van der Waals surface area contributed by atoms with Gasteiger partial charge in [0.15, 0.2) is 11.5 Å². The molecule has 0 bridgehead atoms. The number of hydrogen-bond donors (Lipinski definition) is 1. The summed E-state index contributed by atoms with van der Waals surface area (Å²) in [7, 11) is 2.04. The predicted molar refractivity (Wildman–Crippen MR) is 144 cm³/mol. The molecule has 2 heterocycles. The lowest BCUT2D eigenvalue weighted by Gasteiger charge is -2.26. The third-order valence-electron chi connectivity index (χ3n) is 6.99. The number of aryl methyl sites for hydroxylation is 1. The molecule has 0 spiro atoms. The maximum absolute atomic E-state index is 10.9. The maximum atomic E-state index is 10.9. The van der Waals surface area contributed by atoms with Crippen LogP contribution >= 0.6 is 0 Å². The number of aliphatic hydroxyl groups excluding tert-OH is 1. The van der Waals surface area contributed by atoms with Gasteiger partial charge in [-0.1, -0.05) is 24.3 Å². The summed E-state index contributed by atoms with van der Waals surface area (Å²) in [6, 6.07) is 14.6. The van der Waals surface area contributed by atoms with Gasteiger partial charge in [-0.25, -0.2) is 0 Å². The molecule has 196 valence electrons. The highest BCUT2D eigenvalue weighted by Gasteiger charge is 2.16. The van der Waals surface area contributed by atoms with Crippen LogP contribution in [0.2, 0.25) is 0 Å². The lowest BCUT2D eigenvalue weighted by Crippen LogP contribution is -2.38. The van der Waals surface area contributed by atoms with E-state index in [4.69, 9.17) is 14.2 Å². The van der Waals surface area contributed by atoms with E-state index in [-0.39, 0.29) is 0 Å². The molecule has 1 aliphatic rings. The summed E-state index contributed by atoms with van der Waals surface area (Å²) in [5, 5.41) is 12.2. The Morgan fingerprint density at radius 1 is 1.06 bits per heavy atom. The van der Waals surface area contributed by atoms with Crippen LogP contribution in [0.5, 0.6) is 11.5 Å². The molecule has 1 aliphatic heterocycles. The smallest absolute Gasteiger partial charge is 0.161 e. The van der Waals surface area contributed by atoms with Crippen LogP contribution in [0.4, 0.5) is 0 Å². The van der Waals surface area contributed by atoms with Crippen LogP contribution in [0.15, 0.2) is 42.5 Å². The summed E-state index contributed by atoms with van der Waals surface area (Å²) in [6.45, 7) is 13.7. The van der Waals surface area contributed by atoms with E-state index in [2.05, 4.69) is 64.6 Å². The molecule has 0 aliphatic carbocycles. The molecule has 0 radical (unpaired) electrons. The van der Waals surface area contributed by atoms with Crippen molar-refractivity contribution >= 4 is 10.9 Å². The summed E-state index contributed by atoms with van der Waals surface area (Å²) in [5.41, 5.74) is 4.80. The van der Waals surface area contributed by atoms with Gasteiger partial charge in [0.1, 0.15) is 6.61 Å². The molecule has 2 aromatic carbocycles. The number of morpholine rings is 1. The first-order valence-corrected chi connectivity index (χ1v) is 13.1. The van der Waals surface area contributed by atoms with Crippen LogP contribution in [0.25, 0.3) is 10.9 Å². The lowest BCUT2D eigenvalue weighted by atomic mass is 10.2. The molecule has 36 heavy (non-hydrogen) atoms.